The van der Waals surface area contributed by atoms with Crippen LogP contribution in [0, 0.1) is 0 Å². The van der Waals surface area contributed by atoms with E-state index in [2.05, 4.69) is 0 Å². The van der Waals surface area contributed by atoms with E-state index in [1.807, 2.05) is 37.2 Å². The number of carboxylic acid groups (broad SMARTS) is 9. The highest BCUT2D eigenvalue weighted by atomic mass is 16.4. The van der Waals surface area contributed by atoms with E-state index < -0.39 is 220 Å². The van der Waals surface area contributed by atoms with E-state index >= 15 is 0 Å². The number of nitrogens with one attached hydrogen (secondary N) is 7. The van der Waals surface area contributed by atoms with Gasteiger partial charge in [0.1, 0.15) is 42.3 Å². The fourth-order valence-electron chi connectivity index (χ4n) is 5.48. The summed E-state index contributed by atoms with van der Waals surface area (Å²) < 4.78 is 0. The topological polar surface area (TPSA) is 565 Å². The first-order valence-corrected chi connectivity index (χ1v) is 19.8. The number of carbonyl (C=O) groups is 16. The zero-order chi connectivity index (χ0) is 53.3. The molecule has 0 aromatic carbocycles. The first-order chi connectivity index (χ1) is 31.9. The summed E-state index contributed by atoms with van der Waals surface area (Å²) in [5.74, 6) is -25.7. The smallest absolute Gasteiger partial charge is 0.326 e. The molecule has 18 N–H and O–H groups in total. The van der Waals surface area contributed by atoms with Crippen LogP contribution in [0.1, 0.15) is 77.0 Å². The third-order valence-electron chi connectivity index (χ3n) is 8.87. The second-order valence-electron chi connectivity index (χ2n) is 14.5. The van der Waals surface area contributed by atoms with Crippen molar-refractivity contribution in [1.29, 1.82) is 0 Å². The van der Waals surface area contributed by atoms with E-state index in [1.54, 1.807) is 0 Å². The Morgan fingerprint density at radius 2 is 0.478 bits per heavy atom. The zero-order valence-corrected chi connectivity index (χ0v) is 35.7. The van der Waals surface area contributed by atoms with Gasteiger partial charge in [0.25, 0.3) is 0 Å². The van der Waals surface area contributed by atoms with Gasteiger partial charge in [-0.3, -0.25) is 71.9 Å². The Bertz CT molecular complexity index is 2010. The maximum absolute atomic E-state index is 13.6. The molecule has 0 aromatic rings. The lowest BCUT2D eigenvalue weighted by atomic mass is 10.0. The van der Waals surface area contributed by atoms with Crippen LogP contribution >= 0.6 is 0 Å². The average Bonchev–Trinajstić information content (AvgIpc) is 3.21. The molecule has 0 radical (unpaired) electrons. The highest BCUT2D eigenvalue weighted by molar-refractivity contribution is 6.00. The van der Waals surface area contributed by atoms with Crippen LogP contribution in [-0.2, 0) is 76.7 Å². The van der Waals surface area contributed by atoms with Gasteiger partial charge in [-0.15, -0.1) is 0 Å². The van der Waals surface area contributed by atoms with Crippen LogP contribution in [0.15, 0.2) is 0 Å². The van der Waals surface area contributed by atoms with E-state index in [0.717, 1.165) is 0 Å². The van der Waals surface area contributed by atoms with Crippen LogP contribution < -0.4 is 43.0 Å². The highest BCUT2D eigenvalue weighted by Gasteiger charge is 2.36. The molecule has 0 aliphatic heterocycles. The summed E-state index contributed by atoms with van der Waals surface area (Å²) >= 11 is 0. The third-order valence-corrected chi connectivity index (χ3v) is 8.87. The van der Waals surface area contributed by atoms with Crippen molar-refractivity contribution in [3.8, 4) is 0 Å². The quantitative estimate of drug-likeness (QED) is 0.0281. The molecule has 0 aromatic heterocycles. The average molecular weight is 995 g/mol. The lowest BCUT2D eigenvalue weighted by Gasteiger charge is -2.27. The van der Waals surface area contributed by atoms with Gasteiger partial charge in [-0.1, -0.05) is 0 Å². The molecule has 384 valence electrons. The van der Waals surface area contributed by atoms with Gasteiger partial charge in [0.15, 0.2) is 0 Å². The molecule has 0 fully saturated rings. The van der Waals surface area contributed by atoms with Crippen molar-refractivity contribution in [3.05, 3.63) is 0 Å². The molecule has 0 rings (SSSR count). The normalized spacial score (nSPS) is 14.1. The van der Waals surface area contributed by atoms with Crippen LogP contribution in [0.2, 0.25) is 0 Å². The van der Waals surface area contributed by atoms with Gasteiger partial charge in [-0.2, -0.15) is 0 Å². The monoisotopic (exact) mass is 994 g/mol. The summed E-state index contributed by atoms with van der Waals surface area (Å²) in [5, 5.41) is 96.4. The van der Waals surface area contributed by atoms with E-state index in [0.29, 0.717) is 0 Å². The van der Waals surface area contributed by atoms with Gasteiger partial charge in [0.2, 0.25) is 41.4 Å². The number of amides is 7. The Labute approximate surface area is 385 Å². The molecule has 69 heavy (non-hydrogen) atoms. The van der Waals surface area contributed by atoms with Gasteiger partial charge >= 0.3 is 53.7 Å². The largest absolute Gasteiger partial charge is 0.481 e. The van der Waals surface area contributed by atoms with Crippen LogP contribution in [0.25, 0.3) is 0 Å². The van der Waals surface area contributed by atoms with Crippen LogP contribution in [0.4, 0.5) is 0 Å². The molecule has 8 atom stereocenters. The molecule has 0 bridgehead atoms. The van der Waals surface area contributed by atoms with Gasteiger partial charge < -0.3 is 88.9 Å². The Hall–Kier alpha value is -8.52. The molecule has 0 spiro atoms. The minimum absolute atomic E-state index is 0.718. The molecule has 0 aliphatic rings. The van der Waals surface area contributed by atoms with Crippen LogP contribution in [0.5, 0.6) is 0 Å². The minimum atomic E-state index is -2.33. The number of rotatable bonds is 35. The summed E-state index contributed by atoms with van der Waals surface area (Å²) in [6.45, 7) is 0. The van der Waals surface area contributed by atoms with Crippen molar-refractivity contribution in [1.82, 2.24) is 37.2 Å². The molecule has 7 amide bonds. The number of hydrogen-bond donors (Lipinski definition) is 17. The van der Waals surface area contributed by atoms with Crippen LogP contribution in [0.3, 0.4) is 0 Å². The maximum Gasteiger partial charge on any atom is 0.326 e. The Balaban J connectivity index is 6.75. The minimum Gasteiger partial charge on any atom is -0.481 e. The molecule has 0 saturated heterocycles. The molecule has 0 heterocycles. The second kappa shape index (κ2) is 29.9. The molecule has 0 unspecified atom stereocenters. The van der Waals surface area contributed by atoms with Gasteiger partial charge in [0, 0.05) is 25.7 Å². The SMILES string of the molecule is N[C@@H](CC(=O)O)C(=O)N[C@@H](CCC(=O)O)C(=O)N[C@@H](CC(=O)O)C(=O)N[C@@H](CCC(=O)O)C(=O)N[C@@H](CC(=O)O)C(=O)N[C@@H](CCC(=O)O)C(=O)N[C@@H](CC(=O)O)C(=O)N[C@@H](CCC(=O)O)C(=O)O. The Morgan fingerprint density at radius 3 is 0.710 bits per heavy atom. The highest BCUT2D eigenvalue weighted by Crippen LogP contribution is 2.09. The van der Waals surface area contributed by atoms with Crippen molar-refractivity contribution >= 4 is 95.1 Å². The molecule has 0 aliphatic carbocycles. The van der Waals surface area contributed by atoms with Gasteiger partial charge in [-0.05, 0) is 25.7 Å². The Morgan fingerprint density at radius 1 is 0.275 bits per heavy atom. The van der Waals surface area contributed by atoms with E-state index in [1.165, 1.54) is 0 Å². The summed E-state index contributed by atoms with van der Waals surface area (Å²) in [6.07, 6.45) is -11.8. The van der Waals surface area contributed by atoms with E-state index in [-0.39, 0.29) is 0 Å². The van der Waals surface area contributed by atoms with E-state index in [9.17, 15) is 107 Å². The van der Waals surface area contributed by atoms with Crippen LogP contribution in [-0.4, -0.2) is 189 Å². The van der Waals surface area contributed by atoms with Crippen molar-refractivity contribution in [2.24, 2.45) is 5.73 Å². The van der Waals surface area contributed by atoms with Crippen molar-refractivity contribution in [2.45, 2.75) is 125 Å². The summed E-state index contributed by atoms with van der Waals surface area (Å²) in [4.78, 5) is 195. The molecule has 0 saturated carbocycles. The fourth-order valence-corrected chi connectivity index (χ4v) is 5.48. The number of nitrogens with two attached hydrogens (primary N) is 1. The predicted molar refractivity (Wildman–Crippen MR) is 216 cm³/mol. The number of aliphatic carboxylic acids is 9. The molecular weight excluding hydrogens is 944 g/mol. The molecule has 33 nitrogen and oxygen atoms in total. The first kappa shape index (κ1) is 60.5. The summed E-state index contributed by atoms with van der Waals surface area (Å²) in [5.41, 5.74) is 5.47. The number of carbonyl (C=O) groups excluding carboxylic acids is 7. The lowest BCUT2D eigenvalue weighted by molar-refractivity contribution is -0.145. The van der Waals surface area contributed by atoms with Crippen molar-refractivity contribution in [3.63, 3.8) is 0 Å². The fraction of sp³-hybridized carbons (Fsp3) is 0.556. The summed E-state index contributed by atoms with van der Waals surface area (Å²) in [7, 11) is 0. The lowest BCUT2D eigenvalue weighted by Crippen LogP contribution is -2.60. The zero-order valence-electron chi connectivity index (χ0n) is 35.7. The third kappa shape index (κ3) is 25.7. The first-order valence-electron chi connectivity index (χ1n) is 19.8. The van der Waals surface area contributed by atoms with Gasteiger partial charge in [0.05, 0.1) is 31.7 Å². The number of hydrogen-bond acceptors (Lipinski definition) is 17. The maximum atomic E-state index is 13.6. The molecular formula is C36H50N8O25. The molecule has 33 heteroatoms. The van der Waals surface area contributed by atoms with Crippen molar-refractivity contribution < 1.29 is 123 Å². The standard InChI is InChI=1S/C36H50N8O25/c37-13(9-25(53)54)29(61)38-14(1-5-21(45)46)30(62)42-18(10-26(55)56)33(65)39-15(2-6-22(47)48)31(63)43-19(11-27(57)58)34(66)40-16(3-7-23(49)50)32(64)44-20(12-28(59)60)35(67)41-17(36(68)69)4-8-24(51)52/h13-20H,1-12,37H2,(H,38,61)(H,39,65)(H,40,66)(H,41,67)(H,42,62)(H,43,63)(H,44,64)(H,45,46)(H,47,48)(H,49,50)(H,51,52)(H,53,54)(H,55,56)(H,57,58)(H,59,60)(H,68,69)/t13-,14-,15-,16-,17-,18-,19-,20-/m0/s1. The van der Waals surface area contributed by atoms with Crippen molar-refractivity contribution in [2.75, 3.05) is 0 Å². The van der Waals surface area contributed by atoms with E-state index in [4.69, 9.17) is 21.1 Å². The predicted octanol–water partition coefficient (Wildman–Crippen LogP) is -6.85. The summed E-state index contributed by atoms with van der Waals surface area (Å²) in [6, 6.07) is -16.7. The number of carboxylic acids is 9. The Kier molecular flexibility index (Phi) is 26.2. The van der Waals surface area contributed by atoms with Gasteiger partial charge in [-0.25, -0.2) is 4.79 Å². The second-order valence-corrected chi connectivity index (χ2v) is 14.5.